The van der Waals surface area contributed by atoms with Gasteiger partial charge in [0.2, 0.25) is 11.8 Å². The molecule has 0 aromatic heterocycles. The van der Waals surface area contributed by atoms with Crippen LogP contribution in [-0.4, -0.2) is 50.2 Å². The van der Waals surface area contributed by atoms with Gasteiger partial charge in [-0.05, 0) is 17.7 Å². The highest BCUT2D eigenvalue weighted by molar-refractivity contribution is 14.1. The molecular weight excluding hydrogens is 405 g/mol. The van der Waals surface area contributed by atoms with Crippen LogP contribution in [0.4, 0.5) is 0 Å². The highest BCUT2D eigenvalue weighted by Gasteiger charge is 2.26. The minimum absolute atomic E-state index is 0.0969. The number of primary amides is 1. The molecule has 1 atom stereocenters. The lowest BCUT2D eigenvalue weighted by molar-refractivity contribution is -0.136. The molecule has 22 heavy (non-hydrogen) atoms. The minimum atomic E-state index is -1.08. The van der Waals surface area contributed by atoms with Crippen molar-refractivity contribution in [1.82, 2.24) is 8.43 Å². The first kappa shape index (κ1) is 18.2. The fraction of sp³-hybridized carbons (Fsp3) is 0.308. The molecule has 0 bridgehead atoms. The van der Waals surface area contributed by atoms with E-state index in [1.807, 2.05) is 0 Å². The molecule has 0 unspecified atom stereocenters. The fourth-order valence-corrected chi connectivity index (χ4v) is 2.32. The number of carbonyl (C=O) groups is 3. The van der Waals surface area contributed by atoms with Crippen LogP contribution in [-0.2, 0) is 20.8 Å². The Bertz CT molecular complexity index is 549. The van der Waals surface area contributed by atoms with E-state index in [1.54, 1.807) is 35.0 Å². The molecule has 0 saturated heterocycles. The number of rotatable bonds is 8. The molecule has 0 radical (unpaired) electrons. The Balaban J connectivity index is 2.68. The van der Waals surface area contributed by atoms with Gasteiger partial charge in [0.1, 0.15) is 11.8 Å². The van der Waals surface area contributed by atoms with Crippen molar-refractivity contribution in [2.45, 2.75) is 12.5 Å². The van der Waals surface area contributed by atoms with Crippen molar-refractivity contribution in [1.29, 1.82) is 0 Å². The summed E-state index contributed by atoms with van der Waals surface area (Å²) in [6.07, 6.45) is 0.198. The summed E-state index contributed by atoms with van der Waals surface area (Å²) >= 11 is 1.68. The van der Waals surface area contributed by atoms with Gasteiger partial charge >= 0.3 is 5.97 Å². The largest absolute Gasteiger partial charge is 0.508 e. The number of aliphatic carboxylic acids is 1. The van der Waals surface area contributed by atoms with Gasteiger partial charge in [-0.25, -0.2) is 0 Å². The molecule has 0 heterocycles. The second kappa shape index (κ2) is 8.54. The van der Waals surface area contributed by atoms with Gasteiger partial charge in [-0.1, -0.05) is 12.1 Å². The third kappa shape index (κ3) is 5.85. The second-order valence-corrected chi connectivity index (χ2v) is 5.53. The molecule has 8 nitrogen and oxygen atoms in total. The maximum Gasteiger partial charge on any atom is 0.317 e. The molecular formula is C13H16IN3O5. The third-order valence-electron chi connectivity index (χ3n) is 2.76. The molecule has 0 aliphatic carbocycles. The van der Waals surface area contributed by atoms with Crippen molar-refractivity contribution in [3.63, 3.8) is 0 Å². The summed E-state index contributed by atoms with van der Waals surface area (Å²) in [4.78, 5) is 33.9. The number of carboxylic acids is 1. The van der Waals surface area contributed by atoms with E-state index in [-0.39, 0.29) is 25.3 Å². The van der Waals surface area contributed by atoms with E-state index >= 15 is 0 Å². The van der Waals surface area contributed by atoms with Crippen molar-refractivity contribution >= 4 is 40.6 Å². The van der Waals surface area contributed by atoms with Crippen LogP contribution in [0.2, 0.25) is 0 Å². The van der Waals surface area contributed by atoms with Gasteiger partial charge in [0.05, 0.1) is 36.0 Å². The average Bonchev–Trinajstić information content (AvgIpc) is 2.45. The van der Waals surface area contributed by atoms with Crippen molar-refractivity contribution in [3.05, 3.63) is 29.8 Å². The summed E-state index contributed by atoms with van der Waals surface area (Å²) in [7, 11) is 0. The van der Waals surface area contributed by atoms with Crippen LogP contribution < -0.4 is 11.1 Å². The van der Waals surface area contributed by atoms with Crippen LogP contribution in [0.5, 0.6) is 5.75 Å². The zero-order chi connectivity index (χ0) is 16.7. The lowest BCUT2D eigenvalue weighted by Gasteiger charge is -2.23. The van der Waals surface area contributed by atoms with Crippen LogP contribution in [0.1, 0.15) is 5.56 Å². The van der Waals surface area contributed by atoms with E-state index in [1.165, 1.54) is 12.1 Å². The number of amides is 2. The van der Waals surface area contributed by atoms with Gasteiger partial charge in [-0.3, -0.25) is 22.8 Å². The number of aromatic hydroxyl groups is 1. The number of phenols is 1. The summed E-state index contributed by atoms with van der Waals surface area (Å²) < 4.78 is 1.15. The molecule has 1 rings (SSSR count). The molecule has 1 aromatic rings. The Morgan fingerprint density at radius 3 is 2.32 bits per heavy atom. The van der Waals surface area contributed by atoms with E-state index in [0.717, 1.165) is 8.68 Å². The van der Waals surface area contributed by atoms with Crippen LogP contribution in [0, 0.1) is 0 Å². The number of halogens is 1. The van der Waals surface area contributed by atoms with Gasteiger partial charge in [0.25, 0.3) is 0 Å². The van der Waals surface area contributed by atoms with E-state index in [4.69, 9.17) is 10.8 Å². The predicted molar refractivity (Wildman–Crippen MR) is 86.2 cm³/mol. The molecule has 5 N–H and O–H groups in total. The highest BCUT2D eigenvalue weighted by Crippen LogP contribution is 2.16. The summed E-state index contributed by atoms with van der Waals surface area (Å²) in [5.41, 5.74) is 6.06. The number of nitrogens with two attached hydrogens (primary N) is 1. The summed E-state index contributed by atoms with van der Waals surface area (Å²) in [5.74, 6) is -2.11. The topological polar surface area (TPSA) is 133 Å². The molecule has 1 aromatic carbocycles. The molecule has 0 saturated carbocycles. The van der Waals surface area contributed by atoms with Crippen LogP contribution in [0.25, 0.3) is 0 Å². The quantitative estimate of drug-likeness (QED) is 0.335. The summed E-state index contributed by atoms with van der Waals surface area (Å²) in [5, 5.41) is 20.2. The Hall–Kier alpha value is -1.88. The number of hydrogen-bond acceptors (Lipinski definition) is 5. The SMILES string of the molecule is NC(=O)[C@H](Cc1ccc(O)cc1)N(I)C(=O)CNCC(=O)O. The fourth-order valence-electron chi connectivity index (χ4n) is 1.67. The average molecular weight is 421 g/mol. The van der Waals surface area contributed by atoms with E-state index in [0.29, 0.717) is 0 Å². The van der Waals surface area contributed by atoms with E-state index < -0.39 is 23.8 Å². The van der Waals surface area contributed by atoms with Crippen molar-refractivity contribution < 1.29 is 24.6 Å². The molecule has 0 spiro atoms. The normalized spacial score (nSPS) is 11.7. The Kier molecular flexibility index (Phi) is 7.05. The molecule has 0 aliphatic rings. The van der Waals surface area contributed by atoms with Crippen LogP contribution in [0.15, 0.2) is 24.3 Å². The number of carbonyl (C=O) groups excluding carboxylic acids is 2. The first-order valence-electron chi connectivity index (χ1n) is 6.29. The number of nitrogens with zero attached hydrogens (tertiary/aromatic N) is 1. The Labute approximate surface area is 140 Å². The van der Waals surface area contributed by atoms with Crippen LogP contribution in [0.3, 0.4) is 0 Å². The van der Waals surface area contributed by atoms with E-state index in [2.05, 4.69) is 5.32 Å². The molecule has 0 fully saturated rings. The smallest absolute Gasteiger partial charge is 0.317 e. The zero-order valence-corrected chi connectivity index (χ0v) is 13.7. The lowest BCUT2D eigenvalue weighted by Crippen LogP contribution is -2.46. The first-order chi connectivity index (χ1) is 10.3. The number of benzene rings is 1. The minimum Gasteiger partial charge on any atom is -0.508 e. The molecule has 2 amide bonds. The number of carboxylic acid groups (broad SMARTS) is 1. The summed E-state index contributed by atoms with van der Waals surface area (Å²) in [6.45, 7) is -0.565. The standard InChI is InChI=1S/C13H16IN3O5/c14-17(11(19)6-16-7-12(20)21)10(13(15)22)5-8-1-3-9(18)4-2-8/h1-4,10,16,18H,5-7H2,(H2,15,22)(H,20,21)/t10-/m0/s1. The van der Waals surface area contributed by atoms with Crippen LogP contribution >= 0.6 is 22.9 Å². The zero-order valence-electron chi connectivity index (χ0n) is 11.5. The van der Waals surface area contributed by atoms with Gasteiger partial charge < -0.3 is 15.9 Å². The monoisotopic (exact) mass is 421 g/mol. The summed E-state index contributed by atoms with van der Waals surface area (Å²) in [6, 6.07) is 5.33. The number of phenolic OH excluding ortho intramolecular Hbond substituents is 1. The van der Waals surface area contributed by atoms with Gasteiger partial charge in [0, 0.05) is 6.42 Å². The highest BCUT2D eigenvalue weighted by atomic mass is 127. The van der Waals surface area contributed by atoms with Gasteiger partial charge in [-0.15, -0.1) is 0 Å². The van der Waals surface area contributed by atoms with E-state index in [9.17, 15) is 19.5 Å². The first-order valence-corrected chi connectivity index (χ1v) is 7.25. The molecule has 120 valence electrons. The van der Waals surface area contributed by atoms with Gasteiger partial charge in [0.15, 0.2) is 0 Å². The van der Waals surface area contributed by atoms with Crippen molar-refractivity contribution in [3.8, 4) is 5.75 Å². The van der Waals surface area contributed by atoms with Gasteiger partial charge in [-0.2, -0.15) is 0 Å². The van der Waals surface area contributed by atoms with Crippen molar-refractivity contribution in [2.75, 3.05) is 13.1 Å². The maximum absolute atomic E-state index is 11.9. The number of hydrogen-bond donors (Lipinski definition) is 4. The molecule has 9 heteroatoms. The predicted octanol–water partition coefficient (Wildman–Crippen LogP) is -0.359. The third-order valence-corrected chi connectivity index (χ3v) is 3.97. The second-order valence-electron chi connectivity index (χ2n) is 4.49. The molecule has 0 aliphatic heterocycles. The lowest BCUT2D eigenvalue weighted by atomic mass is 10.1. The van der Waals surface area contributed by atoms with Crippen molar-refractivity contribution in [2.24, 2.45) is 5.73 Å². The Morgan fingerprint density at radius 2 is 1.82 bits per heavy atom. The maximum atomic E-state index is 11.9. The number of nitrogens with one attached hydrogen (secondary N) is 1. The Morgan fingerprint density at radius 1 is 1.23 bits per heavy atom.